The molecule has 2 unspecified atom stereocenters. The van der Waals surface area contributed by atoms with E-state index in [1.807, 2.05) is 0 Å². The lowest BCUT2D eigenvalue weighted by Gasteiger charge is -2.39. The molecule has 2 aliphatic rings. The average Bonchev–Trinajstić information content (AvgIpc) is 2.54. The van der Waals surface area contributed by atoms with Crippen molar-refractivity contribution in [3.8, 4) is 0 Å². The summed E-state index contributed by atoms with van der Waals surface area (Å²) in [6, 6.07) is 11.5. The summed E-state index contributed by atoms with van der Waals surface area (Å²) in [5.41, 5.74) is 1.40. The van der Waals surface area contributed by atoms with Crippen LogP contribution in [0.4, 0.5) is 0 Å². The second-order valence-corrected chi connectivity index (χ2v) is 7.63. The molecule has 2 fully saturated rings. The van der Waals surface area contributed by atoms with Gasteiger partial charge >= 0.3 is 0 Å². The standard InChI is InChI=1S/C20H32N2/c1-17-12-20(21-13-18-8-4-2-5-9-18)16-22(14-17)15-19-10-6-3-7-11-19/h2,4-5,8-9,17,19-21H,3,6-7,10-16H2,1H3. The van der Waals surface area contributed by atoms with Gasteiger partial charge in [-0.15, -0.1) is 0 Å². The van der Waals surface area contributed by atoms with Gasteiger partial charge in [-0.2, -0.15) is 0 Å². The summed E-state index contributed by atoms with van der Waals surface area (Å²) >= 11 is 0. The van der Waals surface area contributed by atoms with Crippen molar-refractivity contribution in [2.45, 2.75) is 58.0 Å². The molecule has 1 aromatic rings. The Hall–Kier alpha value is -0.860. The lowest BCUT2D eigenvalue weighted by atomic mass is 9.87. The van der Waals surface area contributed by atoms with E-state index in [9.17, 15) is 0 Å². The molecule has 2 heteroatoms. The molecule has 22 heavy (non-hydrogen) atoms. The van der Waals surface area contributed by atoms with Crippen molar-refractivity contribution < 1.29 is 0 Å². The first-order chi connectivity index (χ1) is 10.8. The number of rotatable bonds is 5. The van der Waals surface area contributed by atoms with E-state index < -0.39 is 0 Å². The largest absolute Gasteiger partial charge is 0.309 e. The Morgan fingerprint density at radius 2 is 1.82 bits per heavy atom. The molecular weight excluding hydrogens is 268 g/mol. The van der Waals surface area contributed by atoms with E-state index in [4.69, 9.17) is 0 Å². The number of likely N-dealkylation sites (tertiary alicyclic amines) is 1. The van der Waals surface area contributed by atoms with Gasteiger partial charge in [0.2, 0.25) is 0 Å². The topological polar surface area (TPSA) is 15.3 Å². The minimum Gasteiger partial charge on any atom is -0.309 e. The smallest absolute Gasteiger partial charge is 0.0208 e. The molecule has 1 N–H and O–H groups in total. The SMILES string of the molecule is CC1CC(NCc2ccccc2)CN(CC2CCCCC2)C1. The number of benzene rings is 1. The molecule has 1 aliphatic heterocycles. The van der Waals surface area contributed by atoms with Crippen LogP contribution < -0.4 is 5.32 Å². The summed E-state index contributed by atoms with van der Waals surface area (Å²) < 4.78 is 0. The molecule has 1 aromatic carbocycles. The zero-order valence-corrected chi connectivity index (χ0v) is 14.1. The van der Waals surface area contributed by atoms with Crippen LogP contribution in [-0.2, 0) is 6.54 Å². The van der Waals surface area contributed by atoms with Crippen molar-refractivity contribution in [2.24, 2.45) is 11.8 Å². The summed E-state index contributed by atoms with van der Waals surface area (Å²) in [5.74, 6) is 1.79. The van der Waals surface area contributed by atoms with E-state index in [-0.39, 0.29) is 0 Å². The normalized spacial score (nSPS) is 27.9. The molecule has 0 spiro atoms. The third-order valence-corrected chi connectivity index (χ3v) is 5.41. The van der Waals surface area contributed by atoms with Crippen LogP contribution in [0.25, 0.3) is 0 Å². The quantitative estimate of drug-likeness (QED) is 0.882. The summed E-state index contributed by atoms with van der Waals surface area (Å²) in [4.78, 5) is 2.74. The van der Waals surface area contributed by atoms with Gasteiger partial charge in [-0.05, 0) is 36.7 Å². The van der Waals surface area contributed by atoms with E-state index in [2.05, 4.69) is 47.5 Å². The second kappa shape index (κ2) is 8.12. The van der Waals surface area contributed by atoms with Crippen LogP contribution in [0.2, 0.25) is 0 Å². The number of nitrogens with zero attached hydrogens (tertiary/aromatic N) is 1. The van der Waals surface area contributed by atoms with Gasteiger partial charge in [-0.1, -0.05) is 56.5 Å². The molecule has 0 aromatic heterocycles. The van der Waals surface area contributed by atoms with Gasteiger partial charge in [0.15, 0.2) is 0 Å². The molecule has 0 radical (unpaired) electrons. The van der Waals surface area contributed by atoms with Crippen molar-refractivity contribution in [1.82, 2.24) is 10.2 Å². The molecule has 1 saturated heterocycles. The maximum absolute atomic E-state index is 3.79. The fraction of sp³-hybridized carbons (Fsp3) is 0.700. The van der Waals surface area contributed by atoms with Crippen LogP contribution in [-0.4, -0.2) is 30.6 Å². The molecule has 0 bridgehead atoms. The van der Waals surface area contributed by atoms with E-state index in [0.717, 1.165) is 18.4 Å². The lowest BCUT2D eigenvalue weighted by molar-refractivity contribution is 0.118. The highest BCUT2D eigenvalue weighted by Crippen LogP contribution is 2.26. The fourth-order valence-electron chi connectivity index (χ4n) is 4.35. The summed E-state index contributed by atoms with van der Waals surface area (Å²) in [6.07, 6.45) is 8.65. The van der Waals surface area contributed by atoms with Gasteiger partial charge in [0, 0.05) is 32.2 Å². The van der Waals surface area contributed by atoms with Crippen LogP contribution in [0.15, 0.2) is 30.3 Å². The highest BCUT2D eigenvalue weighted by molar-refractivity contribution is 5.14. The fourth-order valence-corrected chi connectivity index (χ4v) is 4.35. The Labute approximate surface area is 136 Å². The van der Waals surface area contributed by atoms with Crippen LogP contribution >= 0.6 is 0 Å². The maximum Gasteiger partial charge on any atom is 0.0208 e. The summed E-state index contributed by atoms with van der Waals surface area (Å²) in [6.45, 7) is 7.32. The molecular formula is C20H32N2. The molecule has 122 valence electrons. The van der Waals surface area contributed by atoms with Crippen LogP contribution in [0, 0.1) is 11.8 Å². The molecule has 2 atom stereocenters. The minimum atomic E-state index is 0.660. The van der Waals surface area contributed by atoms with Crippen LogP contribution in [0.1, 0.15) is 51.0 Å². The Balaban J connectivity index is 1.47. The van der Waals surface area contributed by atoms with Gasteiger partial charge in [0.05, 0.1) is 0 Å². The van der Waals surface area contributed by atoms with Crippen LogP contribution in [0.3, 0.4) is 0 Å². The van der Waals surface area contributed by atoms with Crippen molar-refractivity contribution in [3.05, 3.63) is 35.9 Å². The van der Waals surface area contributed by atoms with E-state index in [1.165, 1.54) is 63.7 Å². The highest BCUT2D eigenvalue weighted by atomic mass is 15.2. The van der Waals surface area contributed by atoms with Crippen molar-refractivity contribution in [2.75, 3.05) is 19.6 Å². The number of hydrogen-bond donors (Lipinski definition) is 1. The summed E-state index contributed by atoms with van der Waals surface area (Å²) in [5, 5.41) is 3.79. The predicted molar refractivity (Wildman–Crippen MR) is 93.9 cm³/mol. The third kappa shape index (κ3) is 4.82. The first-order valence-electron chi connectivity index (χ1n) is 9.29. The molecule has 1 saturated carbocycles. The molecule has 1 aliphatic carbocycles. The number of hydrogen-bond acceptors (Lipinski definition) is 2. The van der Waals surface area contributed by atoms with Gasteiger partial charge in [-0.25, -0.2) is 0 Å². The van der Waals surface area contributed by atoms with Gasteiger partial charge in [-0.3, -0.25) is 0 Å². The molecule has 2 nitrogen and oxygen atoms in total. The van der Waals surface area contributed by atoms with E-state index >= 15 is 0 Å². The van der Waals surface area contributed by atoms with Crippen molar-refractivity contribution >= 4 is 0 Å². The Morgan fingerprint density at radius 3 is 2.59 bits per heavy atom. The molecule has 0 amide bonds. The third-order valence-electron chi connectivity index (χ3n) is 5.41. The van der Waals surface area contributed by atoms with Crippen molar-refractivity contribution in [1.29, 1.82) is 0 Å². The monoisotopic (exact) mass is 300 g/mol. The maximum atomic E-state index is 3.79. The zero-order valence-electron chi connectivity index (χ0n) is 14.1. The Bertz CT molecular complexity index is 425. The number of piperidine rings is 1. The van der Waals surface area contributed by atoms with Crippen LogP contribution in [0.5, 0.6) is 0 Å². The second-order valence-electron chi connectivity index (χ2n) is 7.63. The first kappa shape index (κ1) is 16.0. The molecule has 1 heterocycles. The van der Waals surface area contributed by atoms with E-state index in [1.54, 1.807) is 0 Å². The van der Waals surface area contributed by atoms with Gasteiger partial charge in [0.1, 0.15) is 0 Å². The first-order valence-corrected chi connectivity index (χ1v) is 9.29. The average molecular weight is 300 g/mol. The Kier molecular flexibility index (Phi) is 5.91. The summed E-state index contributed by atoms with van der Waals surface area (Å²) in [7, 11) is 0. The van der Waals surface area contributed by atoms with Gasteiger partial charge < -0.3 is 10.2 Å². The Morgan fingerprint density at radius 1 is 1.05 bits per heavy atom. The van der Waals surface area contributed by atoms with Crippen molar-refractivity contribution in [3.63, 3.8) is 0 Å². The van der Waals surface area contributed by atoms with E-state index in [0.29, 0.717) is 6.04 Å². The number of nitrogens with one attached hydrogen (secondary N) is 1. The highest BCUT2D eigenvalue weighted by Gasteiger charge is 2.26. The van der Waals surface area contributed by atoms with Gasteiger partial charge in [0.25, 0.3) is 0 Å². The minimum absolute atomic E-state index is 0.660. The lowest BCUT2D eigenvalue weighted by Crippen LogP contribution is -2.49. The molecule has 3 rings (SSSR count). The predicted octanol–water partition coefficient (Wildman–Crippen LogP) is 4.07. The zero-order chi connectivity index (χ0) is 15.2.